The largest absolute Gasteiger partial charge is 0.497 e. The van der Waals surface area contributed by atoms with E-state index in [-0.39, 0.29) is 0 Å². The Hall–Kier alpha value is -2.70. The SMILES string of the molecule is COc1ccc(-c2nc3ncccc3[nH]2)c(OCCSc2ccc(Cl)cc2)c1. The summed E-state index contributed by atoms with van der Waals surface area (Å²) in [5.74, 6) is 2.98. The highest BCUT2D eigenvalue weighted by Gasteiger charge is 2.13. The molecular formula is C21H18ClN3O2S. The summed E-state index contributed by atoms with van der Waals surface area (Å²) in [5, 5.41) is 0.738. The molecule has 0 spiro atoms. The second kappa shape index (κ2) is 8.54. The number of thioether (sulfide) groups is 1. The summed E-state index contributed by atoms with van der Waals surface area (Å²) in [7, 11) is 1.64. The van der Waals surface area contributed by atoms with Gasteiger partial charge >= 0.3 is 0 Å². The van der Waals surface area contributed by atoms with Crippen LogP contribution in [0, 0.1) is 0 Å². The van der Waals surface area contributed by atoms with Gasteiger partial charge in [0.05, 0.1) is 24.8 Å². The molecule has 7 heteroatoms. The number of benzene rings is 2. The second-order valence-electron chi connectivity index (χ2n) is 5.97. The molecule has 0 unspecified atom stereocenters. The molecule has 0 radical (unpaired) electrons. The maximum atomic E-state index is 6.07. The lowest BCUT2D eigenvalue weighted by Crippen LogP contribution is -2.02. The van der Waals surface area contributed by atoms with Crippen LogP contribution >= 0.6 is 23.4 Å². The first kappa shape index (κ1) is 18.7. The number of aromatic nitrogens is 3. The van der Waals surface area contributed by atoms with Crippen molar-refractivity contribution in [3.63, 3.8) is 0 Å². The van der Waals surface area contributed by atoms with Gasteiger partial charge in [-0.05, 0) is 48.5 Å². The van der Waals surface area contributed by atoms with Gasteiger partial charge in [0.1, 0.15) is 17.3 Å². The highest BCUT2D eigenvalue weighted by molar-refractivity contribution is 7.99. The molecule has 0 atom stereocenters. The van der Waals surface area contributed by atoms with Crippen LogP contribution in [0.25, 0.3) is 22.6 Å². The van der Waals surface area contributed by atoms with Gasteiger partial charge in [-0.2, -0.15) is 0 Å². The normalized spacial score (nSPS) is 10.9. The van der Waals surface area contributed by atoms with E-state index in [4.69, 9.17) is 21.1 Å². The number of halogens is 1. The average molecular weight is 412 g/mol. The lowest BCUT2D eigenvalue weighted by molar-refractivity contribution is 0.341. The van der Waals surface area contributed by atoms with Crippen LogP contribution in [0.4, 0.5) is 0 Å². The Balaban J connectivity index is 1.51. The van der Waals surface area contributed by atoms with Gasteiger partial charge in [-0.15, -0.1) is 11.8 Å². The van der Waals surface area contributed by atoms with Crippen molar-refractivity contribution in [1.82, 2.24) is 15.0 Å². The summed E-state index contributed by atoms with van der Waals surface area (Å²) in [6, 6.07) is 17.3. The summed E-state index contributed by atoms with van der Waals surface area (Å²) in [5.41, 5.74) is 2.44. The summed E-state index contributed by atoms with van der Waals surface area (Å²) >= 11 is 7.64. The molecule has 2 heterocycles. The van der Waals surface area contributed by atoms with Crippen molar-refractivity contribution in [3.8, 4) is 22.9 Å². The van der Waals surface area contributed by atoms with Crippen molar-refractivity contribution >= 4 is 34.5 Å². The van der Waals surface area contributed by atoms with Crippen LogP contribution in [0.2, 0.25) is 5.02 Å². The minimum absolute atomic E-state index is 0.548. The van der Waals surface area contributed by atoms with Crippen LogP contribution in [-0.2, 0) is 0 Å². The first-order chi connectivity index (χ1) is 13.7. The first-order valence-electron chi connectivity index (χ1n) is 8.73. The van der Waals surface area contributed by atoms with E-state index in [9.17, 15) is 0 Å². The monoisotopic (exact) mass is 411 g/mol. The van der Waals surface area contributed by atoms with Crippen molar-refractivity contribution < 1.29 is 9.47 Å². The Morgan fingerprint density at radius 3 is 2.75 bits per heavy atom. The number of nitrogens with zero attached hydrogens (tertiary/aromatic N) is 2. The number of ether oxygens (including phenoxy) is 2. The molecule has 28 heavy (non-hydrogen) atoms. The summed E-state index contributed by atoms with van der Waals surface area (Å²) in [6.07, 6.45) is 1.73. The lowest BCUT2D eigenvalue weighted by Gasteiger charge is -2.12. The zero-order chi connectivity index (χ0) is 19.3. The summed E-state index contributed by atoms with van der Waals surface area (Å²) in [6.45, 7) is 0.548. The summed E-state index contributed by atoms with van der Waals surface area (Å²) in [4.78, 5) is 13.3. The number of aromatic amines is 1. The molecule has 0 saturated heterocycles. The van der Waals surface area contributed by atoms with Crippen LogP contribution in [0.5, 0.6) is 11.5 Å². The number of rotatable bonds is 7. The molecule has 0 fully saturated rings. The summed E-state index contributed by atoms with van der Waals surface area (Å²) < 4.78 is 11.4. The Morgan fingerprint density at radius 2 is 1.96 bits per heavy atom. The van der Waals surface area contributed by atoms with Gasteiger partial charge in [0.25, 0.3) is 0 Å². The Morgan fingerprint density at radius 1 is 1.11 bits per heavy atom. The zero-order valence-corrected chi connectivity index (χ0v) is 16.8. The van der Waals surface area contributed by atoms with Gasteiger partial charge in [-0.25, -0.2) is 9.97 Å². The van der Waals surface area contributed by atoms with Crippen LogP contribution in [0.3, 0.4) is 0 Å². The third kappa shape index (κ3) is 4.24. The number of pyridine rings is 1. The molecular weight excluding hydrogens is 394 g/mol. The molecule has 1 N–H and O–H groups in total. The molecule has 142 valence electrons. The molecule has 0 amide bonds. The fourth-order valence-corrected chi connectivity index (χ4v) is 3.62. The van der Waals surface area contributed by atoms with Crippen LogP contribution in [-0.4, -0.2) is 34.4 Å². The topological polar surface area (TPSA) is 60.0 Å². The molecule has 2 aromatic carbocycles. The minimum Gasteiger partial charge on any atom is -0.497 e. The van der Waals surface area contributed by atoms with Crippen molar-refractivity contribution in [2.45, 2.75) is 4.90 Å². The zero-order valence-electron chi connectivity index (χ0n) is 15.2. The number of hydrogen-bond acceptors (Lipinski definition) is 5. The maximum absolute atomic E-state index is 6.07. The smallest absolute Gasteiger partial charge is 0.178 e. The van der Waals surface area contributed by atoms with E-state index in [1.165, 1.54) is 0 Å². The molecule has 2 aromatic heterocycles. The fourth-order valence-electron chi connectivity index (χ4n) is 2.76. The molecule has 0 saturated carbocycles. The average Bonchev–Trinajstić information content (AvgIpc) is 3.16. The van der Waals surface area contributed by atoms with Crippen LogP contribution in [0.1, 0.15) is 0 Å². The van der Waals surface area contributed by atoms with Gasteiger partial charge in [-0.3, -0.25) is 0 Å². The first-order valence-corrected chi connectivity index (χ1v) is 10.1. The van der Waals surface area contributed by atoms with Crippen LogP contribution in [0.15, 0.2) is 65.7 Å². The number of H-pyrrole nitrogens is 1. The van der Waals surface area contributed by atoms with E-state index in [2.05, 4.69) is 15.0 Å². The van der Waals surface area contributed by atoms with Crippen molar-refractivity contribution in [2.24, 2.45) is 0 Å². The molecule has 0 aliphatic rings. The Bertz CT molecular complexity index is 1050. The lowest BCUT2D eigenvalue weighted by atomic mass is 10.2. The van der Waals surface area contributed by atoms with Crippen molar-refractivity contribution in [1.29, 1.82) is 0 Å². The molecule has 4 rings (SSSR count). The van der Waals surface area contributed by atoms with Gasteiger partial charge in [0, 0.05) is 27.9 Å². The van der Waals surface area contributed by atoms with E-state index in [0.717, 1.165) is 44.1 Å². The standard InChI is InChI=1S/C21H18ClN3O2S/c1-26-15-6-9-17(20-24-18-3-2-10-23-21(18)25-20)19(13-15)27-11-12-28-16-7-4-14(22)5-8-16/h2-10,13H,11-12H2,1H3,(H,23,24,25). The number of imidazole rings is 1. The minimum atomic E-state index is 0.548. The van der Waals surface area contributed by atoms with E-state index in [1.54, 1.807) is 25.1 Å². The highest BCUT2D eigenvalue weighted by Crippen LogP contribution is 2.33. The van der Waals surface area contributed by atoms with Crippen LogP contribution < -0.4 is 9.47 Å². The van der Waals surface area contributed by atoms with E-state index in [1.807, 2.05) is 54.6 Å². The van der Waals surface area contributed by atoms with Gasteiger partial charge in [0.15, 0.2) is 5.65 Å². The third-order valence-corrected chi connectivity index (χ3v) is 5.35. The number of hydrogen-bond donors (Lipinski definition) is 1. The third-order valence-electron chi connectivity index (χ3n) is 4.12. The number of methoxy groups -OCH3 is 1. The Labute approximate surface area is 172 Å². The predicted molar refractivity (Wildman–Crippen MR) is 114 cm³/mol. The fraction of sp³-hybridized carbons (Fsp3) is 0.143. The predicted octanol–water partition coefficient (Wildman–Crippen LogP) is 5.46. The molecule has 5 nitrogen and oxygen atoms in total. The maximum Gasteiger partial charge on any atom is 0.178 e. The van der Waals surface area contributed by atoms with Crippen molar-refractivity contribution in [2.75, 3.05) is 19.5 Å². The molecule has 4 aromatic rings. The van der Waals surface area contributed by atoms with E-state index in [0.29, 0.717) is 12.3 Å². The number of nitrogens with one attached hydrogen (secondary N) is 1. The van der Waals surface area contributed by atoms with Gasteiger partial charge in [-0.1, -0.05) is 11.6 Å². The highest BCUT2D eigenvalue weighted by atomic mass is 35.5. The van der Waals surface area contributed by atoms with E-state index >= 15 is 0 Å². The van der Waals surface area contributed by atoms with Gasteiger partial charge < -0.3 is 14.5 Å². The van der Waals surface area contributed by atoms with Crippen molar-refractivity contribution in [3.05, 3.63) is 65.8 Å². The second-order valence-corrected chi connectivity index (χ2v) is 7.58. The number of fused-ring (bicyclic) bond motifs is 1. The molecule has 0 aliphatic carbocycles. The van der Waals surface area contributed by atoms with Gasteiger partial charge in [0.2, 0.25) is 0 Å². The molecule has 0 aliphatic heterocycles. The van der Waals surface area contributed by atoms with E-state index < -0.39 is 0 Å². The quantitative estimate of drug-likeness (QED) is 0.323. The molecule has 0 bridgehead atoms. The Kier molecular flexibility index (Phi) is 5.69.